The number of nitrogens with one attached hydrogen (secondary N) is 3. The van der Waals surface area contributed by atoms with Crippen LogP contribution in [-0.2, 0) is 9.59 Å². The number of aromatic nitrogens is 2. The molecule has 0 aliphatic carbocycles. The molecule has 3 N–H and O–H groups in total. The highest BCUT2D eigenvalue weighted by molar-refractivity contribution is 6.23. The van der Waals surface area contributed by atoms with Crippen LogP contribution in [0.3, 0.4) is 0 Å². The first-order chi connectivity index (χ1) is 15.2. The summed E-state index contributed by atoms with van der Waals surface area (Å²) in [5, 5.41) is 6.15. The fraction of sp³-hybridized carbons (Fsp3) is 0.300. The summed E-state index contributed by atoms with van der Waals surface area (Å²) in [6, 6.07) is 6.08. The van der Waals surface area contributed by atoms with Crippen LogP contribution >= 0.6 is 0 Å². The number of benzene rings is 1. The van der Waals surface area contributed by atoms with Gasteiger partial charge in [-0.25, -0.2) is 10.4 Å². The van der Waals surface area contributed by atoms with Crippen LogP contribution in [0.25, 0.3) is 0 Å². The maximum atomic E-state index is 13.8. The van der Waals surface area contributed by atoms with Crippen molar-refractivity contribution in [2.45, 2.75) is 31.2 Å². The number of allylic oxidation sites excluding steroid dienone is 1. The lowest BCUT2D eigenvalue weighted by Crippen LogP contribution is -2.56. The molecule has 3 heterocycles. The van der Waals surface area contributed by atoms with Crippen LogP contribution < -0.4 is 20.8 Å². The number of carbonyl (C=O) groups excluding carboxylic acids is 2. The topological polar surface area (TPSA) is 108 Å². The lowest BCUT2D eigenvalue weighted by molar-refractivity contribution is -0.161. The molecular weight excluding hydrogens is 429 g/mol. The number of rotatable bonds is 4. The molecule has 2 amide bonds. The van der Waals surface area contributed by atoms with Gasteiger partial charge in [-0.3, -0.25) is 14.6 Å². The lowest BCUT2D eigenvalue weighted by Gasteiger charge is -2.34. The molecule has 0 radical (unpaired) electrons. The zero-order valence-electron chi connectivity index (χ0n) is 17.0. The molecule has 3 unspecified atom stereocenters. The number of fused-ring (bicyclic) bond motifs is 1. The average molecular weight is 448 g/mol. The summed E-state index contributed by atoms with van der Waals surface area (Å²) in [6.45, 7) is 1.46. The predicted molar refractivity (Wildman–Crippen MR) is 106 cm³/mol. The van der Waals surface area contributed by atoms with Crippen LogP contribution in [-0.4, -0.2) is 52.3 Å². The number of amides is 2. The van der Waals surface area contributed by atoms with E-state index in [4.69, 9.17) is 4.74 Å². The minimum Gasteiger partial charge on any atom is -0.480 e. The summed E-state index contributed by atoms with van der Waals surface area (Å²) in [7, 11) is 1.37. The van der Waals surface area contributed by atoms with Crippen LogP contribution in [0.2, 0.25) is 0 Å². The van der Waals surface area contributed by atoms with Crippen LogP contribution in [0.1, 0.15) is 18.4 Å². The number of hydrazine groups is 1. The van der Waals surface area contributed by atoms with Gasteiger partial charge in [0, 0.05) is 5.70 Å². The van der Waals surface area contributed by atoms with Crippen molar-refractivity contribution in [2.24, 2.45) is 0 Å². The number of nitrogens with zero attached hydrogens (tertiary/aromatic N) is 3. The van der Waals surface area contributed by atoms with E-state index < -0.39 is 36.1 Å². The Morgan fingerprint density at radius 1 is 1.22 bits per heavy atom. The minimum absolute atomic E-state index is 0.0225. The summed E-state index contributed by atoms with van der Waals surface area (Å²) < 4.78 is 46.4. The van der Waals surface area contributed by atoms with Crippen molar-refractivity contribution in [3.8, 4) is 5.88 Å². The van der Waals surface area contributed by atoms with Gasteiger partial charge in [0.1, 0.15) is 17.8 Å². The second kappa shape index (κ2) is 8.11. The van der Waals surface area contributed by atoms with Crippen molar-refractivity contribution in [1.82, 2.24) is 25.7 Å². The van der Waals surface area contributed by atoms with E-state index in [0.29, 0.717) is 5.56 Å². The first-order valence-electron chi connectivity index (χ1n) is 9.57. The Hall–Kier alpha value is -3.67. The molecule has 2 aliphatic rings. The molecule has 0 bridgehead atoms. The van der Waals surface area contributed by atoms with Gasteiger partial charge >= 0.3 is 6.18 Å². The highest BCUT2D eigenvalue weighted by atomic mass is 19.4. The fourth-order valence-corrected chi connectivity index (χ4v) is 3.85. The van der Waals surface area contributed by atoms with Crippen molar-refractivity contribution >= 4 is 17.6 Å². The monoisotopic (exact) mass is 448 g/mol. The van der Waals surface area contributed by atoms with E-state index in [2.05, 4.69) is 26.0 Å². The summed E-state index contributed by atoms with van der Waals surface area (Å²) in [5.41, 5.74) is 2.47. The summed E-state index contributed by atoms with van der Waals surface area (Å²) in [5.74, 6) is -2.68. The molecule has 9 nitrogen and oxygen atoms in total. The molecule has 32 heavy (non-hydrogen) atoms. The molecule has 2 aliphatic heterocycles. The van der Waals surface area contributed by atoms with Crippen LogP contribution in [0.15, 0.2) is 54.0 Å². The number of halogens is 3. The van der Waals surface area contributed by atoms with Gasteiger partial charge in [0.25, 0.3) is 11.8 Å². The molecular formula is C20H19F3N6O3. The third-order valence-electron chi connectivity index (χ3n) is 5.26. The number of alkyl halides is 3. The van der Waals surface area contributed by atoms with E-state index in [1.807, 2.05) is 0 Å². The van der Waals surface area contributed by atoms with Crippen molar-refractivity contribution in [3.63, 3.8) is 0 Å². The second-order valence-electron chi connectivity index (χ2n) is 7.25. The second-order valence-corrected chi connectivity index (χ2v) is 7.25. The zero-order valence-corrected chi connectivity index (χ0v) is 17.0. The van der Waals surface area contributed by atoms with E-state index in [1.165, 1.54) is 26.4 Å². The van der Waals surface area contributed by atoms with Gasteiger partial charge in [-0.1, -0.05) is 30.3 Å². The van der Waals surface area contributed by atoms with Crippen molar-refractivity contribution in [1.29, 1.82) is 0 Å². The molecule has 0 saturated carbocycles. The Balaban J connectivity index is 1.65. The van der Waals surface area contributed by atoms with Crippen LogP contribution in [0, 0.1) is 0 Å². The SMILES string of the molecule is COc1cncc(NC(=O)C2=C(C)NC3C(c4ccccc4)C(C(F)(F)F)NN3C2=O)n1. The van der Waals surface area contributed by atoms with Gasteiger partial charge < -0.3 is 15.4 Å². The third-order valence-corrected chi connectivity index (χ3v) is 5.26. The predicted octanol–water partition coefficient (Wildman–Crippen LogP) is 1.69. The molecule has 1 saturated heterocycles. The zero-order chi connectivity index (χ0) is 23.0. The molecule has 1 aromatic heterocycles. The van der Waals surface area contributed by atoms with Gasteiger partial charge in [-0.15, -0.1) is 0 Å². The van der Waals surface area contributed by atoms with E-state index in [-0.39, 0.29) is 23.0 Å². The van der Waals surface area contributed by atoms with Crippen LogP contribution in [0.5, 0.6) is 5.88 Å². The highest BCUT2D eigenvalue weighted by Gasteiger charge is 2.58. The lowest BCUT2D eigenvalue weighted by atomic mass is 9.89. The quantitative estimate of drug-likeness (QED) is 0.611. The Labute approximate surface area is 180 Å². The average Bonchev–Trinajstić information content (AvgIpc) is 3.14. The van der Waals surface area contributed by atoms with E-state index in [9.17, 15) is 22.8 Å². The number of anilines is 1. The highest BCUT2D eigenvalue weighted by Crippen LogP contribution is 2.41. The Morgan fingerprint density at radius 2 is 1.94 bits per heavy atom. The van der Waals surface area contributed by atoms with Gasteiger partial charge in [-0.2, -0.15) is 18.2 Å². The molecule has 2 aromatic rings. The standard InChI is InChI=1S/C20H19F3N6O3/c1-10-14(18(30)27-12-8-24-9-13(26-12)32-2)19(31)29-17(25-10)15(11-6-4-3-5-7-11)16(28-29)20(21,22)23/h3-9,15-17,25,28H,1-2H3,(H,26,27,30). The van der Waals surface area contributed by atoms with Crippen molar-refractivity contribution < 1.29 is 27.5 Å². The normalized spacial score (nSPS) is 23.0. The molecule has 0 spiro atoms. The van der Waals surface area contributed by atoms with E-state index in [1.54, 1.807) is 30.3 Å². The van der Waals surface area contributed by atoms with Crippen molar-refractivity contribution in [3.05, 3.63) is 59.6 Å². The molecule has 12 heteroatoms. The minimum atomic E-state index is -4.63. The smallest absolute Gasteiger partial charge is 0.406 e. The molecule has 168 valence electrons. The molecule has 4 rings (SSSR count). The summed E-state index contributed by atoms with van der Waals surface area (Å²) in [6.07, 6.45) is -3.09. The summed E-state index contributed by atoms with van der Waals surface area (Å²) >= 11 is 0. The Bertz CT molecular complexity index is 1080. The first kappa shape index (κ1) is 21.6. The fourth-order valence-electron chi connectivity index (χ4n) is 3.85. The van der Waals surface area contributed by atoms with E-state index in [0.717, 1.165) is 5.01 Å². The molecule has 1 aromatic carbocycles. The number of methoxy groups -OCH3 is 1. The number of carbonyl (C=O) groups is 2. The van der Waals surface area contributed by atoms with E-state index >= 15 is 0 Å². The number of hydrogen-bond acceptors (Lipinski definition) is 7. The molecule has 3 atom stereocenters. The van der Waals surface area contributed by atoms with Gasteiger partial charge in [0.05, 0.1) is 25.4 Å². The maximum Gasteiger partial charge on any atom is 0.406 e. The first-order valence-corrected chi connectivity index (χ1v) is 9.57. The third kappa shape index (κ3) is 3.84. The maximum absolute atomic E-state index is 13.8. The Morgan fingerprint density at radius 3 is 2.59 bits per heavy atom. The summed E-state index contributed by atoms with van der Waals surface area (Å²) in [4.78, 5) is 33.7. The van der Waals surface area contributed by atoms with Crippen molar-refractivity contribution in [2.75, 3.05) is 12.4 Å². The Kier molecular flexibility index (Phi) is 5.46. The van der Waals surface area contributed by atoms with Gasteiger partial charge in [0.2, 0.25) is 5.88 Å². The number of hydrogen-bond donors (Lipinski definition) is 3. The largest absolute Gasteiger partial charge is 0.480 e. The van der Waals surface area contributed by atoms with Gasteiger partial charge in [0.15, 0.2) is 5.82 Å². The van der Waals surface area contributed by atoms with Gasteiger partial charge in [-0.05, 0) is 12.5 Å². The van der Waals surface area contributed by atoms with Crippen LogP contribution in [0.4, 0.5) is 19.0 Å². The number of ether oxygens (including phenoxy) is 1. The molecule has 1 fully saturated rings.